The highest BCUT2D eigenvalue weighted by atomic mass is 32.1. The second-order valence-corrected chi connectivity index (χ2v) is 9.12. The van der Waals surface area contributed by atoms with Crippen molar-refractivity contribution in [1.29, 1.82) is 0 Å². The minimum atomic E-state index is -0.459. The van der Waals surface area contributed by atoms with E-state index in [1.54, 1.807) is 17.5 Å². The molecule has 2 aromatic heterocycles. The van der Waals surface area contributed by atoms with Crippen LogP contribution in [-0.4, -0.2) is 21.2 Å². The van der Waals surface area contributed by atoms with Gasteiger partial charge in [0.2, 0.25) is 0 Å². The number of fused-ring (bicyclic) bond motifs is 2. The predicted molar refractivity (Wildman–Crippen MR) is 132 cm³/mol. The molecule has 0 saturated carbocycles. The lowest BCUT2D eigenvalue weighted by Crippen LogP contribution is -2.20. The molecular weight excluding hydrogens is 430 g/mol. The number of benzene rings is 3. The van der Waals surface area contributed by atoms with Gasteiger partial charge in [-0.2, -0.15) is 0 Å². The highest BCUT2D eigenvalue weighted by molar-refractivity contribution is 7.22. The Balaban J connectivity index is 1.23. The number of nitrogens with zero attached hydrogens (tertiary/aromatic N) is 2. The van der Waals surface area contributed by atoms with Crippen molar-refractivity contribution in [2.75, 3.05) is 5.32 Å². The summed E-state index contributed by atoms with van der Waals surface area (Å²) in [5.74, 6) is 1.48. The average Bonchev–Trinajstić information content (AvgIpc) is 3.39. The quantitative estimate of drug-likeness (QED) is 0.332. The molecule has 3 aromatic carbocycles. The SMILES string of the molecule is O[C@H]1Cc2ccccc2[C@H]1Nc1nc2ccc(Oc3ccnc(-c4ccccc4)c3)cc2s1. The van der Waals surface area contributed by atoms with Crippen LogP contribution < -0.4 is 10.1 Å². The van der Waals surface area contributed by atoms with Crippen molar-refractivity contribution in [1.82, 2.24) is 9.97 Å². The maximum atomic E-state index is 10.5. The zero-order valence-corrected chi connectivity index (χ0v) is 18.5. The van der Waals surface area contributed by atoms with Gasteiger partial charge in [0.05, 0.1) is 28.1 Å². The van der Waals surface area contributed by atoms with Gasteiger partial charge in [0.1, 0.15) is 11.5 Å². The summed E-state index contributed by atoms with van der Waals surface area (Å²) in [5.41, 5.74) is 5.14. The van der Waals surface area contributed by atoms with Crippen LogP contribution in [0.25, 0.3) is 21.5 Å². The van der Waals surface area contributed by atoms with Gasteiger partial charge in [-0.05, 0) is 29.3 Å². The van der Waals surface area contributed by atoms with Gasteiger partial charge in [-0.25, -0.2) is 4.98 Å². The van der Waals surface area contributed by atoms with E-state index in [0.29, 0.717) is 6.42 Å². The van der Waals surface area contributed by atoms with Crippen LogP contribution in [-0.2, 0) is 6.42 Å². The molecule has 0 unspecified atom stereocenters. The third kappa shape index (κ3) is 3.95. The summed E-state index contributed by atoms with van der Waals surface area (Å²) in [6, 6.07) is 27.8. The Labute approximate surface area is 195 Å². The van der Waals surface area contributed by atoms with Gasteiger partial charge in [0, 0.05) is 30.3 Å². The number of aromatic nitrogens is 2. The molecule has 5 nitrogen and oxygen atoms in total. The maximum Gasteiger partial charge on any atom is 0.184 e. The van der Waals surface area contributed by atoms with Crippen molar-refractivity contribution in [2.45, 2.75) is 18.6 Å². The van der Waals surface area contributed by atoms with Crippen LogP contribution in [0.3, 0.4) is 0 Å². The summed E-state index contributed by atoms with van der Waals surface area (Å²) in [6.07, 6.45) is 1.96. The van der Waals surface area contributed by atoms with Crippen molar-refractivity contribution < 1.29 is 9.84 Å². The first-order chi connectivity index (χ1) is 16.2. The van der Waals surface area contributed by atoms with Gasteiger partial charge in [-0.1, -0.05) is 65.9 Å². The molecule has 1 aliphatic rings. The van der Waals surface area contributed by atoms with Gasteiger partial charge >= 0.3 is 0 Å². The first-order valence-corrected chi connectivity index (χ1v) is 11.7. The number of ether oxygens (including phenoxy) is 1. The number of hydrogen-bond acceptors (Lipinski definition) is 6. The molecule has 6 heteroatoms. The monoisotopic (exact) mass is 451 g/mol. The Morgan fingerprint density at radius 3 is 2.64 bits per heavy atom. The van der Waals surface area contributed by atoms with E-state index in [1.807, 2.05) is 72.8 Å². The van der Waals surface area contributed by atoms with E-state index in [-0.39, 0.29) is 6.04 Å². The first-order valence-electron chi connectivity index (χ1n) is 10.9. The number of rotatable bonds is 5. The Hall–Kier alpha value is -3.74. The average molecular weight is 452 g/mol. The minimum Gasteiger partial charge on any atom is -0.457 e. The fraction of sp³-hybridized carbons (Fsp3) is 0.111. The molecule has 0 amide bonds. The second-order valence-electron chi connectivity index (χ2n) is 8.09. The van der Waals surface area contributed by atoms with Crippen LogP contribution in [0.15, 0.2) is 91.1 Å². The minimum absolute atomic E-state index is 0.147. The van der Waals surface area contributed by atoms with Crippen molar-refractivity contribution in [3.05, 3.63) is 102 Å². The summed E-state index contributed by atoms with van der Waals surface area (Å²) < 4.78 is 7.15. The number of thiazole rings is 1. The Morgan fingerprint density at radius 1 is 0.909 bits per heavy atom. The molecule has 0 radical (unpaired) electrons. The van der Waals surface area contributed by atoms with Crippen LogP contribution in [0.1, 0.15) is 17.2 Å². The van der Waals surface area contributed by atoms with Crippen molar-refractivity contribution in [3.63, 3.8) is 0 Å². The van der Waals surface area contributed by atoms with E-state index in [1.165, 1.54) is 5.56 Å². The van der Waals surface area contributed by atoms with E-state index >= 15 is 0 Å². The molecule has 162 valence electrons. The fourth-order valence-corrected chi connectivity index (χ4v) is 5.22. The first kappa shape index (κ1) is 19.9. The van der Waals surface area contributed by atoms with Gasteiger partial charge in [-0.3, -0.25) is 4.98 Å². The van der Waals surface area contributed by atoms with Crippen LogP contribution in [0.4, 0.5) is 5.13 Å². The van der Waals surface area contributed by atoms with E-state index in [0.717, 1.165) is 43.7 Å². The number of anilines is 1. The molecular formula is C27H21N3O2S. The van der Waals surface area contributed by atoms with E-state index in [2.05, 4.69) is 22.4 Å². The molecule has 6 rings (SSSR count). The summed E-state index contributed by atoms with van der Waals surface area (Å²) in [6.45, 7) is 0. The lowest BCUT2D eigenvalue weighted by molar-refractivity contribution is 0.166. The van der Waals surface area contributed by atoms with Crippen LogP contribution in [0.5, 0.6) is 11.5 Å². The maximum absolute atomic E-state index is 10.5. The largest absolute Gasteiger partial charge is 0.457 e. The second kappa shape index (κ2) is 8.31. The van der Waals surface area contributed by atoms with E-state index in [4.69, 9.17) is 9.72 Å². The third-order valence-electron chi connectivity index (χ3n) is 5.88. The molecule has 2 atom stereocenters. The van der Waals surface area contributed by atoms with Gasteiger partial charge in [0.15, 0.2) is 5.13 Å². The van der Waals surface area contributed by atoms with Crippen LogP contribution >= 0.6 is 11.3 Å². The summed E-state index contributed by atoms with van der Waals surface area (Å²) in [4.78, 5) is 9.18. The molecule has 0 bridgehead atoms. The smallest absolute Gasteiger partial charge is 0.184 e. The Morgan fingerprint density at radius 2 is 1.73 bits per heavy atom. The normalized spacial score (nSPS) is 17.1. The highest BCUT2D eigenvalue weighted by Crippen LogP contribution is 2.37. The lowest BCUT2D eigenvalue weighted by atomic mass is 10.1. The molecule has 1 aliphatic carbocycles. The highest BCUT2D eigenvalue weighted by Gasteiger charge is 2.31. The van der Waals surface area contributed by atoms with Gasteiger partial charge in [-0.15, -0.1) is 0 Å². The number of nitrogens with one attached hydrogen (secondary N) is 1. The number of pyridine rings is 1. The molecule has 0 spiro atoms. The fourth-order valence-electron chi connectivity index (χ4n) is 4.29. The molecule has 33 heavy (non-hydrogen) atoms. The number of aliphatic hydroxyl groups excluding tert-OH is 1. The Bertz CT molecular complexity index is 1430. The zero-order chi connectivity index (χ0) is 22.2. The summed E-state index contributed by atoms with van der Waals surface area (Å²) >= 11 is 1.56. The predicted octanol–water partition coefficient (Wildman–Crippen LogP) is 6.22. The van der Waals surface area contributed by atoms with Crippen molar-refractivity contribution >= 4 is 26.7 Å². The third-order valence-corrected chi connectivity index (χ3v) is 6.83. The van der Waals surface area contributed by atoms with E-state index < -0.39 is 6.10 Å². The topological polar surface area (TPSA) is 67.3 Å². The summed E-state index contributed by atoms with van der Waals surface area (Å²) in [7, 11) is 0. The van der Waals surface area contributed by atoms with Crippen LogP contribution in [0.2, 0.25) is 0 Å². The van der Waals surface area contributed by atoms with Gasteiger partial charge < -0.3 is 15.2 Å². The van der Waals surface area contributed by atoms with Crippen LogP contribution in [0, 0.1) is 0 Å². The zero-order valence-electron chi connectivity index (χ0n) is 17.7. The molecule has 0 saturated heterocycles. The number of hydrogen-bond donors (Lipinski definition) is 2. The van der Waals surface area contributed by atoms with E-state index in [9.17, 15) is 5.11 Å². The Kier molecular flexibility index (Phi) is 5.02. The van der Waals surface area contributed by atoms with Crippen molar-refractivity contribution in [2.24, 2.45) is 0 Å². The van der Waals surface area contributed by atoms with Gasteiger partial charge in [0.25, 0.3) is 0 Å². The molecule has 5 aromatic rings. The molecule has 0 aliphatic heterocycles. The molecule has 2 heterocycles. The molecule has 0 fully saturated rings. The summed E-state index contributed by atoms with van der Waals surface area (Å²) in [5, 5.41) is 14.8. The molecule has 2 N–H and O–H groups in total. The van der Waals surface area contributed by atoms with Crippen molar-refractivity contribution in [3.8, 4) is 22.8 Å². The lowest BCUT2D eigenvalue weighted by Gasteiger charge is -2.16. The standard InChI is InChI=1S/C27H21N3O2S/c31-24-14-18-8-4-5-9-21(18)26(24)30-27-29-22-11-10-19(16-25(22)33-27)32-20-12-13-28-23(15-20)17-6-2-1-3-7-17/h1-13,15-16,24,26,31H,14H2,(H,29,30)/t24-,26+/m0/s1. The number of aliphatic hydroxyl groups is 1.